The SMILES string of the molecule is CCCC1(c2ccccc2)C=CC=CC1OC(=O)c1ccccc1. The molecule has 2 unspecified atom stereocenters. The van der Waals surface area contributed by atoms with Gasteiger partial charge in [-0.15, -0.1) is 0 Å². The predicted molar refractivity (Wildman–Crippen MR) is 97.0 cm³/mol. The smallest absolute Gasteiger partial charge is 0.338 e. The largest absolute Gasteiger partial charge is 0.453 e. The minimum absolute atomic E-state index is 0.281. The van der Waals surface area contributed by atoms with Crippen molar-refractivity contribution < 1.29 is 9.53 Å². The molecule has 0 saturated heterocycles. The van der Waals surface area contributed by atoms with Crippen LogP contribution in [0.3, 0.4) is 0 Å². The molecule has 0 bridgehead atoms. The van der Waals surface area contributed by atoms with Gasteiger partial charge in [-0.2, -0.15) is 0 Å². The Bertz CT molecular complexity index is 731. The molecule has 2 heteroatoms. The van der Waals surface area contributed by atoms with E-state index in [1.807, 2.05) is 48.6 Å². The Morgan fingerprint density at radius 2 is 1.67 bits per heavy atom. The van der Waals surface area contributed by atoms with Gasteiger partial charge in [0.1, 0.15) is 6.10 Å². The van der Waals surface area contributed by atoms with Crippen molar-refractivity contribution in [2.45, 2.75) is 31.3 Å². The predicted octanol–water partition coefficient (Wildman–Crippen LogP) is 5.08. The van der Waals surface area contributed by atoms with Crippen LogP contribution in [0, 0.1) is 0 Å². The van der Waals surface area contributed by atoms with Gasteiger partial charge in [0.15, 0.2) is 0 Å². The molecule has 0 fully saturated rings. The number of hydrogen-bond donors (Lipinski definition) is 0. The van der Waals surface area contributed by atoms with Crippen LogP contribution in [-0.2, 0) is 10.2 Å². The maximum Gasteiger partial charge on any atom is 0.338 e. The molecule has 3 rings (SSSR count). The molecule has 2 aromatic rings. The third-order valence-electron chi connectivity index (χ3n) is 4.52. The molecule has 2 nitrogen and oxygen atoms in total. The summed E-state index contributed by atoms with van der Waals surface area (Å²) in [6.45, 7) is 2.16. The van der Waals surface area contributed by atoms with Crippen molar-refractivity contribution in [3.63, 3.8) is 0 Å². The lowest BCUT2D eigenvalue weighted by Gasteiger charge is -2.38. The number of allylic oxidation sites excluding steroid dienone is 2. The summed E-state index contributed by atoms with van der Waals surface area (Å²) in [7, 11) is 0. The number of rotatable bonds is 5. The van der Waals surface area contributed by atoms with Gasteiger partial charge in [0.25, 0.3) is 0 Å². The number of ether oxygens (including phenoxy) is 1. The van der Waals surface area contributed by atoms with E-state index in [1.165, 1.54) is 5.56 Å². The third kappa shape index (κ3) is 3.18. The molecular formula is C22H22O2. The Morgan fingerprint density at radius 1 is 1.00 bits per heavy atom. The Hall–Kier alpha value is -2.61. The van der Waals surface area contributed by atoms with Crippen LogP contribution in [0.1, 0.15) is 35.7 Å². The molecule has 0 heterocycles. The van der Waals surface area contributed by atoms with Crippen molar-refractivity contribution in [1.29, 1.82) is 0 Å². The molecular weight excluding hydrogens is 296 g/mol. The van der Waals surface area contributed by atoms with Gasteiger partial charge in [0, 0.05) is 0 Å². The minimum Gasteiger partial charge on any atom is -0.453 e. The third-order valence-corrected chi connectivity index (χ3v) is 4.52. The van der Waals surface area contributed by atoms with E-state index in [1.54, 1.807) is 12.1 Å². The summed E-state index contributed by atoms with van der Waals surface area (Å²) < 4.78 is 5.92. The van der Waals surface area contributed by atoms with Crippen molar-refractivity contribution in [1.82, 2.24) is 0 Å². The summed E-state index contributed by atoms with van der Waals surface area (Å²) in [5, 5.41) is 0. The Labute approximate surface area is 143 Å². The first-order chi connectivity index (χ1) is 11.8. The van der Waals surface area contributed by atoms with Crippen molar-refractivity contribution in [3.05, 3.63) is 96.1 Å². The molecule has 0 saturated carbocycles. The minimum atomic E-state index is -0.310. The lowest BCUT2D eigenvalue weighted by Crippen LogP contribution is -2.41. The van der Waals surface area contributed by atoms with Gasteiger partial charge in [-0.3, -0.25) is 0 Å². The van der Waals surface area contributed by atoms with E-state index in [4.69, 9.17) is 4.74 Å². The fourth-order valence-electron chi connectivity index (χ4n) is 3.35. The van der Waals surface area contributed by atoms with E-state index < -0.39 is 0 Å². The van der Waals surface area contributed by atoms with E-state index in [0.29, 0.717) is 5.56 Å². The highest BCUT2D eigenvalue weighted by Crippen LogP contribution is 2.39. The molecule has 2 aromatic carbocycles. The summed E-state index contributed by atoms with van der Waals surface area (Å²) in [6.07, 6.45) is 9.79. The van der Waals surface area contributed by atoms with Gasteiger partial charge in [0.2, 0.25) is 0 Å². The maximum absolute atomic E-state index is 12.6. The molecule has 1 aliphatic rings. The van der Waals surface area contributed by atoms with E-state index in [2.05, 4.69) is 31.2 Å². The number of carbonyl (C=O) groups is 1. The topological polar surface area (TPSA) is 26.3 Å². The zero-order valence-corrected chi connectivity index (χ0v) is 13.9. The fourth-order valence-corrected chi connectivity index (χ4v) is 3.35. The number of hydrogen-bond acceptors (Lipinski definition) is 2. The molecule has 0 aromatic heterocycles. The van der Waals surface area contributed by atoms with Crippen LogP contribution in [0.5, 0.6) is 0 Å². The maximum atomic E-state index is 12.6. The second-order valence-electron chi connectivity index (χ2n) is 6.09. The van der Waals surface area contributed by atoms with Crippen molar-refractivity contribution in [2.75, 3.05) is 0 Å². The highest BCUT2D eigenvalue weighted by molar-refractivity contribution is 5.89. The first-order valence-corrected chi connectivity index (χ1v) is 8.44. The Kier molecular flexibility index (Phi) is 4.95. The molecule has 1 aliphatic carbocycles. The summed E-state index contributed by atoms with van der Waals surface area (Å²) in [6, 6.07) is 19.5. The Morgan fingerprint density at radius 3 is 2.33 bits per heavy atom. The molecule has 0 amide bonds. The molecule has 0 spiro atoms. The van der Waals surface area contributed by atoms with Crippen LogP contribution in [0.25, 0.3) is 0 Å². The Balaban J connectivity index is 1.93. The van der Waals surface area contributed by atoms with E-state index >= 15 is 0 Å². The van der Waals surface area contributed by atoms with Crippen LogP contribution in [0.2, 0.25) is 0 Å². The quantitative estimate of drug-likeness (QED) is 0.719. The van der Waals surface area contributed by atoms with E-state index in [9.17, 15) is 4.79 Å². The lowest BCUT2D eigenvalue weighted by molar-refractivity contribution is 0.0252. The van der Waals surface area contributed by atoms with Crippen LogP contribution >= 0.6 is 0 Å². The van der Waals surface area contributed by atoms with Gasteiger partial charge < -0.3 is 4.74 Å². The standard InChI is InChI=1S/C22H22O2/c1-2-16-22(19-13-7-4-8-14-19)17-10-9-15-20(22)24-21(23)18-11-5-3-6-12-18/h3-15,17,20H,2,16H2,1H3. The normalized spacial score (nSPS) is 22.3. The van der Waals surface area contributed by atoms with Gasteiger partial charge in [-0.25, -0.2) is 4.79 Å². The molecule has 0 radical (unpaired) electrons. The zero-order valence-electron chi connectivity index (χ0n) is 13.9. The van der Waals surface area contributed by atoms with E-state index in [0.717, 1.165) is 12.8 Å². The number of benzene rings is 2. The van der Waals surface area contributed by atoms with Crippen LogP contribution in [0.4, 0.5) is 0 Å². The number of carbonyl (C=O) groups excluding carboxylic acids is 1. The fraction of sp³-hybridized carbons (Fsp3) is 0.227. The van der Waals surface area contributed by atoms with Gasteiger partial charge >= 0.3 is 5.97 Å². The number of esters is 1. The highest BCUT2D eigenvalue weighted by atomic mass is 16.5. The first-order valence-electron chi connectivity index (χ1n) is 8.44. The lowest BCUT2D eigenvalue weighted by atomic mass is 9.70. The van der Waals surface area contributed by atoms with Crippen LogP contribution in [0.15, 0.2) is 85.0 Å². The van der Waals surface area contributed by atoms with Crippen molar-refractivity contribution in [2.24, 2.45) is 0 Å². The van der Waals surface area contributed by atoms with Crippen molar-refractivity contribution in [3.8, 4) is 0 Å². The molecule has 24 heavy (non-hydrogen) atoms. The molecule has 122 valence electrons. The molecule has 0 aliphatic heterocycles. The van der Waals surface area contributed by atoms with Gasteiger partial charge in [-0.05, 0) is 30.2 Å². The monoisotopic (exact) mass is 318 g/mol. The highest BCUT2D eigenvalue weighted by Gasteiger charge is 2.40. The first kappa shape index (κ1) is 16.3. The van der Waals surface area contributed by atoms with Crippen molar-refractivity contribution >= 4 is 5.97 Å². The zero-order chi connectivity index (χ0) is 16.8. The van der Waals surface area contributed by atoms with Crippen LogP contribution in [-0.4, -0.2) is 12.1 Å². The summed E-state index contributed by atoms with van der Waals surface area (Å²) >= 11 is 0. The summed E-state index contributed by atoms with van der Waals surface area (Å²) in [5.74, 6) is -0.281. The summed E-state index contributed by atoms with van der Waals surface area (Å²) in [5.41, 5.74) is 1.45. The van der Waals surface area contributed by atoms with Gasteiger partial charge in [-0.1, -0.05) is 80.1 Å². The average Bonchev–Trinajstić information content (AvgIpc) is 2.65. The van der Waals surface area contributed by atoms with Gasteiger partial charge in [0.05, 0.1) is 11.0 Å². The second kappa shape index (κ2) is 7.31. The second-order valence-corrected chi connectivity index (χ2v) is 6.09. The van der Waals surface area contributed by atoms with E-state index in [-0.39, 0.29) is 17.5 Å². The molecule has 2 atom stereocenters. The summed E-state index contributed by atoms with van der Waals surface area (Å²) in [4.78, 5) is 12.6. The average molecular weight is 318 g/mol. The molecule has 0 N–H and O–H groups in total. The van der Waals surface area contributed by atoms with Crippen LogP contribution < -0.4 is 0 Å².